The quantitative estimate of drug-likeness (QED) is 0.658. The standard InChI is InChI=1S/C17H24N4OS2/c1-12(2)6-7-13(3)18-16(22)11-24-17-19-15(20-21-17)9-8-14-5-4-10-23-14/h4-5,8-10,12-13H,6-7,11H2,1-3H3,(H,18,22)(H,19,20,21)/b9-8+. The van der Waals surface area contributed by atoms with Crippen molar-refractivity contribution in [2.24, 2.45) is 5.92 Å². The minimum atomic E-state index is 0.0248. The number of aromatic nitrogens is 3. The zero-order valence-electron chi connectivity index (χ0n) is 14.3. The fourth-order valence-electron chi connectivity index (χ4n) is 2.05. The number of carbonyl (C=O) groups excluding carboxylic acids is 1. The van der Waals surface area contributed by atoms with Crippen molar-refractivity contribution in [3.63, 3.8) is 0 Å². The highest BCUT2D eigenvalue weighted by molar-refractivity contribution is 7.99. The van der Waals surface area contributed by atoms with Crippen LogP contribution in [-0.2, 0) is 4.79 Å². The van der Waals surface area contributed by atoms with E-state index in [1.165, 1.54) is 11.8 Å². The summed E-state index contributed by atoms with van der Waals surface area (Å²) >= 11 is 3.01. The minimum Gasteiger partial charge on any atom is -0.353 e. The number of thioether (sulfide) groups is 1. The van der Waals surface area contributed by atoms with Crippen molar-refractivity contribution in [2.75, 3.05) is 5.75 Å². The molecule has 24 heavy (non-hydrogen) atoms. The van der Waals surface area contributed by atoms with Crippen LogP contribution in [0.5, 0.6) is 0 Å². The molecule has 0 saturated carbocycles. The first-order valence-corrected chi connectivity index (χ1v) is 9.95. The number of amides is 1. The van der Waals surface area contributed by atoms with Crippen LogP contribution in [0.4, 0.5) is 0 Å². The van der Waals surface area contributed by atoms with E-state index in [2.05, 4.69) is 34.3 Å². The lowest BCUT2D eigenvalue weighted by atomic mass is 10.0. The van der Waals surface area contributed by atoms with E-state index in [9.17, 15) is 4.79 Å². The van der Waals surface area contributed by atoms with Crippen molar-refractivity contribution in [3.05, 3.63) is 28.2 Å². The average molecular weight is 365 g/mol. The summed E-state index contributed by atoms with van der Waals surface area (Å²) < 4.78 is 0. The first kappa shape index (κ1) is 18.7. The SMILES string of the molecule is CC(C)CCC(C)NC(=O)CSc1n[nH]c(/C=C/c2cccs2)n1. The second-order valence-corrected chi connectivity index (χ2v) is 8.00. The zero-order chi connectivity index (χ0) is 17.4. The highest BCUT2D eigenvalue weighted by atomic mass is 32.2. The van der Waals surface area contributed by atoms with E-state index in [0.29, 0.717) is 22.7 Å². The molecule has 1 amide bonds. The van der Waals surface area contributed by atoms with Crippen molar-refractivity contribution < 1.29 is 4.79 Å². The van der Waals surface area contributed by atoms with Gasteiger partial charge in [-0.15, -0.1) is 16.4 Å². The number of nitrogens with one attached hydrogen (secondary N) is 2. The molecule has 2 rings (SSSR count). The van der Waals surface area contributed by atoms with Gasteiger partial charge in [0.2, 0.25) is 11.1 Å². The number of H-pyrrole nitrogens is 1. The monoisotopic (exact) mass is 364 g/mol. The summed E-state index contributed by atoms with van der Waals surface area (Å²) in [7, 11) is 0. The number of rotatable bonds is 9. The number of hydrogen-bond donors (Lipinski definition) is 2. The number of carbonyl (C=O) groups is 1. The lowest BCUT2D eigenvalue weighted by molar-refractivity contribution is -0.119. The van der Waals surface area contributed by atoms with Crippen molar-refractivity contribution in [1.82, 2.24) is 20.5 Å². The highest BCUT2D eigenvalue weighted by Crippen LogP contribution is 2.15. The molecule has 2 aromatic rings. The van der Waals surface area contributed by atoms with E-state index in [4.69, 9.17) is 0 Å². The third-order valence-electron chi connectivity index (χ3n) is 3.35. The summed E-state index contributed by atoms with van der Waals surface area (Å²) in [6.07, 6.45) is 6.00. The Morgan fingerprint density at radius 2 is 2.21 bits per heavy atom. The van der Waals surface area contributed by atoms with Gasteiger partial charge in [-0.25, -0.2) is 4.98 Å². The number of hydrogen-bond acceptors (Lipinski definition) is 5. The summed E-state index contributed by atoms with van der Waals surface area (Å²) in [4.78, 5) is 17.5. The third-order valence-corrected chi connectivity index (χ3v) is 5.03. The number of aromatic amines is 1. The molecule has 130 valence electrons. The molecule has 0 fully saturated rings. The van der Waals surface area contributed by atoms with Gasteiger partial charge in [0.1, 0.15) is 5.82 Å². The lowest BCUT2D eigenvalue weighted by Gasteiger charge is -2.14. The zero-order valence-corrected chi connectivity index (χ0v) is 15.9. The van der Waals surface area contributed by atoms with Crippen LogP contribution in [-0.4, -0.2) is 32.9 Å². The third kappa shape index (κ3) is 6.88. The summed E-state index contributed by atoms with van der Waals surface area (Å²) in [5.74, 6) is 1.71. The Bertz CT molecular complexity index is 649. The molecule has 5 nitrogen and oxygen atoms in total. The number of nitrogens with zero attached hydrogens (tertiary/aromatic N) is 2. The molecular formula is C17H24N4OS2. The van der Waals surface area contributed by atoms with Gasteiger partial charge in [0, 0.05) is 10.9 Å². The smallest absolute Gasteiger partial charge is 0.230 e. The summed E-state index contributed by atoms with van der Waals surface area (Å²) in [5, 5.41) is 12.6. The molecule has 0 radical (unpaired) electrons. The van der Waals surface area contributed by atoms with Crippen LogP contribution in [0.15, 0.2) is 22.7 Å². The predicted molar refractivity (Wildman–Crippen MR) is 102 cm³/mol. The first-order chi connectivity index (χ1) is 11.5. The summed E-state index contributed by atoms with van der Waals surface area (Å²) in [6, 6.07) is 4.25. The largest absolute Gasteiger partial charge is 0.353 e. The Morgan fingerprint density at radius 1 is 1.38 bits per heavy atom. The van der Waals surface area contributed by atoms with Crippen LogP contribution in [0.1, 0.15) is 44.3 Å². The molecule has 7 heteroatoms. The van der Waals surface area contributed by atoms with Gasteiger partial charge in [-0.2, -0.15) is 0 Å². The predicted octanol–water partition coefficient (Wildman–Crippen LogP) is 4.07. The van der Waals surface area contributed by atoms with Crippen molar-refractivity contribution in [1.29, 1.82) is 0 Å². The Hall–Kier alpha value is -1.60. The van der Waals surface area contributed by atoms with E-state index in [1.807, 2.05) is 36.6 Å². The molecule has 0 saturated heterocycles. The maximum Gasteiger partial charge on any atom is 0.230 e. The fourth-order valence-corrected chi connectivity index (χ4v) is 3.28. The first-order valence-electron chi connectivity index (χ1n) is 8.09. The van der Waals surface area contributed by atoms with Crippen LogP contribution in [0, 0.1) is 5.92 Å². The number of thiophene rings is 1. The van der Waals surface area contributed by atoms with E-state index in [0.717, 1.165) is 17.7 Å². The van der Waals surface area contributed by atoms with E-state index in [-0.39, 0.29) is 11.9 Å². The van der Waals surface area contributed by atoms with Crippen LogP contribution in [0.25, 0.3) is 12.2 Å². The second kappa shape index (κ2) is 9.64. The van der Waals surface area contributed by atoms with E-state index < -0.39 is 0 Å². The molecule has 0 aliphatic carbocycles. The summed E-state index contributed by atoms with van der Waals surface area (Å²) in [5.41, 5.74) is 0. The molecule has 0 aromatic carbocycles. The molecule has 1 atom stereocenters. The molecule has 2 aromatic heterocycles. The summed E-state index contributed by atoms with van der Waals surface area (Å²) in [6.45, 7) is 6.43. The molecule has 2 N–H and O–H groups in total. The minimum absolute atomic E-state index is 0.0248. The van der Waals surface area contributed by atoms with Crippen LogP contribution >= 0.6 is 23.1 Å². The van der Waals surface area contributed by atoms with Gasteiger partial charge in [-0.05, 0) is 49.3 Å². The second-order valence-electron chi connectivity index (χ2n) is 6.08. The highest BCUT2D eigenvalue weighted by Gasteiger charge is 2.10. The molecule has 0 aliphatic heterocycles. The van der Waals surface area contributed by atoms with Crippen LogP contribution < -0.4 is 5.32 Å². The molecule has 2 heterocycles. The van der Waals surface area contributed by atoms with Gasteiger partial charge < -0.3 is 5.32 Å². The normalized spacial score (nSPS) is 12.8. The molecule has 1 unspecified atom stereocenters. The van der Waals surface area contributed by atoms with Gasteiger partial charge >= 0.3 is 0 Å². The Kier molecular flexibility index (Phi) is 7.52. The van der Waals surface area contributed by atoms with Crippen molar-refractivity contribution in [2.45, 2.75) is 44.8 Å². The van der Waals surface area contributed by atoms with E-state index in [1.54, 1.807) is 11.3 Å². The van der Waals surface area contributed by atoms with Crippen molar-refractivity contribution >= 4 is 41.2 Å². The Balaban J connectivity index is 1.73. The van der Waals surface area contributed by atoms with E-state index >= 15 is 0 Å². The Labute approximate surface area is 151 Å². The van der Waals surface area contributed by atoms with Crippen LogP contribution in [0.2, 0.25) is 0 Å². The average Bonchev–Trinajstić information content (AvgIpc) is 3.20. The molecule has 0 bridgehead atoms. The molecule has 0 spiro atoms. The van der Waals surface area contributed by atoms with Gasteiger partial charge in [0.05, 0.1) is 5.75 Å². The van der Waals surface area contributed by atoms with Crippen LogP contribution in [0.3, 0.4) is 0 Å². The maximum atomic E-state index is 11.9. The van der Waals surface area contributed by atoms with Gasteiger partial charge in [-0.1, -0.05) is 31.7 Å². The van der Waals surface area contributed by atoms with Gasteiger partial charge in [0.15, 0.2) is 0 Å². The topological polar surface area (TPSA) is 70.7 Å². The van der Waals surface area contributed by atoms with Gasteiger partial charge in [0.25, 0.3) is 0 Å². The molecular weight excluding hydrogens is 340 g/mol. The lowest BCUT2D eigenvalue weighted by Crippen LogP contribution is -2.34. The van der Waals surface area contributed by atoms with Gasteiger partial charge in [-0.3, -0.25) is 9.89 Å². The Morgan fingerprint density at radius 3 is 2.92 bits per heavy atom. The fraction of sp³-hybridized carbons (Fsp3) is 0.471. The molecule has 0 aliphatic rings. The van der Waals surface area contributed by atoms with Crippen molar-refractivity contribution in [3.8, 4) is 0 Å². The maximum absolute atomic E-state index is 11.9.